The van der Waals surface area contributed by atoms with Crippen molar-refractivity contribution in [1.82, 2.24) is 4.90 Å². The smallest absolute Gasteiger partial charge is 0.203 e. The van der Waals surface area contributed by atoms with Gasteiger partial charge in [0, 0.05) is 19.2 Å². The lowest BCUT2D eigenvalue weighted by Crippen LogP contribution is -2.28. The molecule has 1 atom stereocenters. The van der Waals surface area contributed by atoms with Crippen molar-refractivity contribution in [3.05, 3.63) is 59.0 Å². The molecular formula is C18H20N2O2. The van der Waals surface area contributed by atoms with E-state index < -0.39 is 0 Å². The van der Waals surface area contributed by atoms with Crippen molar-refractivity contribution in [1.29, 1.82) is 5.26 Å². The number of aryl methyl sites for hydroxylation is 1. The highest BCUT2D eigenvalue weighted by Crippen LogP contribution is 2.36. The highest BCUT2D eigenvalue weighted by Gasteiger charge is 2.27. The maximum absolute atomic E-state index is 9.17. The summed E-state index contributed by atoms with van der Waals surface area (Å²) in [6, 6.07) is 14.5. The van der Waals surface area contributed by atoms with Crippen LogP contribution in [0.2, 0.25) is 0 Å². The second kappa shape index (κ2) is 6.78. The summed E-state index contributed by atoms with van der Waals surface area (Å²) >= 11 is 0. The molecule has 114 valence electrons. The summed E-state index contributed by atoms with van der Waals surface area (Å²) in [7, 11) is 0. The molecule has 1 N–H and O–H groups in total. The first kappa shape index (κ1) is 14.8. The van der Waals surface area contributed by atoms with Crippen molar-refractivity contribution in [2.45, 2.75) is 31.8 Å². The van der Waals surface area contributed by atoms with Crippen LogP contribution in [-0.2, 0) is 13.0 Å². The number of hydrogen-bond acceptors (Lipinski definition) is 4. The zero-order chi connectivity index (χ0) is 15.4. The number of benzene rings is 1. The minimum atomic E-state index is 0.187. The van der Waals surface area contributed by atoms with Crippen molar-refractivity contribution in [2.24, 2.45) is 0 Å². The van der Waals surface area contributed by atoms with Crippen LogP contribution < -0.4 is 0 Å². The summed E-state index contributed by atoms with van der Waals surface area (Å²) in [6.07, 6.45) is 2.93. The summed E-state index contributed by atoms with van der Waals surface area (Å²) in [5, 5.41) is 18.0. The quantitative estimate of drug-likeness (QED) is 0.890. The molecule has 22 heavy (non-hydrogen) atoms. The summed E-state index contributed by atoms with van der Waals surface area (Å²) in [5.41, 5.74) is 2.80. The fourth-order valence-corrected chi connectivity index (χ4v) is 3.26. The molecular weight excluding hydrogens is 276 g/mol. The van der Waals surface area contributed by atoms with Crippen molar-refractivity contribution < 1.29 is 9.52 Å². The Kier molecular flexibility index (Phi) is 4.57. The summed E-state index contributed by atoms with van der Waals surface area (Å²) in [6.45, 7) is 1.67. The molecule has 0 amide bonds. The van der Waals surface area contributed by atoms with E-state index in [1.54, 1.807) is 6.07 Å². The lowest BCUT2D eigenvalue weighted by atomic mass is 10.1. The molecule has 1 aromatic heterocycles. The van der Waals surface area contributed by atoms with E-state index in [0.29, 0.717) is 18.3 Å². The topological polar surface area (TPSA) is 60.4 Å². The Morgan fingerprint density at radius 1 is 1.27 bits per heavy atom. The lowest BCUT2D eigenvalue weighted by Gasteiger charge is -2.28. The van der Waals surface area contributed by atoms with Crippen molar-refractivity contribution in [3.63, 3.8) is 0 Å². The first-order chi connectivity index (χ1) is 10.8. The van der Waals surface area contributed by atoms with E-state index in [-0.39, 0.29) is 6.61 Å². The Morgan fingerprint density at radius 2 is 2.14 bits per heavy atom. The van der Waals surface area contributed by atoms with E-state index in [2.05, 4.69) is 29.2 Å². The third-order valence-electron chi connectivity index (χ3n) is 4.28. The Morgan fingerprint density at radius 3 is 2.91 bits per heavy atom. The minimum absolute atomic E-state index is 0.187. The molecule has 0 spiro atoms. The summed E-state index contributed by atoms with van der Waals surface area (Å²) in [5.74, 6) is 1.16. The molecule has 1 unspecified atom stereocenters. The van der Waals surface area contributed by atoms with E-state index in [0.717, 1.165) is 31.6 Å². The van der Waals surface area contributed by atoms with Gasteiger partial charge in [0.15, 0.2) is 0 Å². The number of rotatable bonds is 6. The third-order valence-corrected chi connectivity index (χ3v) is 4.28. The van der Waals surface area contributed by atoms with Gasteiger partial charge >= 0.3 is 0 Å². The molecule has 0 aliphatic heterocycles. The molecule has 0 bridgehead atoms. The van der Waals surface area contributed by atoms with E-state index >= 15 is 0 Å². The normalized spacial score (nSPS) is 16.7. The van der Waals surface area contributed by atoms with Crippen molar-refractivity contribution in [3.8, 4) is 6.07 Å². The number of aliphatic hydroxyl groups excluding tert-OH is 1. The Bertz CT molecular complexity index is 672. The predicted octanol–water partition coefficient (Wildman–Crippen LogP) is 3.02. The zero-order valence-corrected chi connectivity index (χ0v) is 12.5. The van der Waals surface area contributed by atoms with Gasteiger partial charge in [-0.05, 0) is 42.5 Å². The van der Waals surface area contributed by atoms with Gasteiger partial charge in [-0.1, -0.05) is 24.3 Å². The minimum Gasteiger partial charge on any atom is -0.449 e. The predicted molar refractivity (Wildman–Crippen MR) is 83.0 cm³/mol. The summed E-state index contributed by atoms with van der Waals surface area (Å²) < 4.78 is 5.53. The van der Waals surface area contributed by atoms with Crippen LogP contribution in [0.5, 0.6) is 0 Å². The van der Waals surface area contributed by atoms with Gasteiger partial charge in [0.05, 0.1) is 6.54 Å². The molecule has 2 aromatic rings. The number of aliphatic hydroxyl groups is 1. The van der Waals surface area contributed by atoms with Crippen LogP contribution in [0.4, 0.5) is 0 Å². The number of furan rings is 1. The SMILES string of the molecule is N#Cc1ccc(CN(CCCO)C2CCc3ccccc32)o1. The van der Waals surface area contributed by atoms with Gasteiger partial charge in [-0.3, -0.25) is 4.90 Å². The molecule has 1 heterocycles. The highest BCUT2D eigenvalue weighted by atomic mass is 16.3. The molecule has 4 nitrogen and oxygen atoms in total. The second-order valence-corrected chi connectivity index (χ2v) is 5.68. The molecule has 1 aliphatic carbocycles. The van der Waals surface area contributed by atoms with E-state index in [4.69, 9.17) is 14.8 Å². The van der Waals surface area contributed by atoms with Gasteiger partial charge in [0.2, 0.25) is 5.76 Å². The first-order valence-corrected chi connectivity index (χ1v) is 7.73. The van der Waals surface area contributed by atoms with Crippen LogP contribution in [0.15, 0.2) is 40.8 Å². The van der Waals surface area contributed by atoms with Gasteiger partial charge < -0.3 is 9.52 Å². The van der Waals surface area contributed by atoms with E-state index in [1.807, 2.05) is 12.1 Å². The van der Waals surface area contributed by atoms with Crippen molar-refractivity contribution in [2.75, 3.05) is 13.2 Å². The Balaban J connectivity index is 1.79. The fraction of sp³-hybridized carbons (Fsp3) is 0.389. The van der Waals surface area contributed by atoms with Gasteiger partial charge in [-0.2, -0.15) is 5.26 Å². The van der Waals surface area contributed by atoms with Gasteiger partial charge in [-0.15, -0.1) is 0 Å². The highest BCUT2D eigenvalue weighted by molar-refractivity contribution is 5.34. The van der Waals surface area contributed by atoms with Crippen LogP contribution in [-0.4, -0.2) is 23.2 Å². The second-order valence-electron chi connectivity index (χ2n) is 5.68. The molecule has 0 saturated heterocycles. The number of hydrogen-bond donors (Lipinski definition) is 1. The average Bonchev–Trinajstić information content (AvgIpc) is 3.18. The largest absolute Gasteiger partial charge is 0.449 e. The standard InChI is InChI=1S/C18H20N2O2/c19-12-15-7-8-16(22-15)13-20(10-3-11-21)18-9-6-14-4-1-2-5-17(14)18/h1-2,4-5,7-8,18,21H,3,6,9-11,13H2. The Hall–Kier alpha value is -2.09. The number of fused-ring (bicyclic) bond motifs is 1. The molecule has 1 aliphatic rings. The number of nitrogens with zero attached hydrogens (tertiary/aromatic N) is 2. The van der Waals surface area contributed by atoms with Gasteiger partial charge in [-0.25, -0.2) is 0 Å². The molecule has 4 heteroatoms. The first-order valence-electron chi connectivity index (χ1n) is 7.73. The lowest BCUT2D eigenvalue weighted by molar-refractivity contribution is 0.155. The van der Waals surface area contributed by atoms with Crippen LogP contribution in [0.25, 0.3) is 0 Å². The van der Waals surface area contributed by atoms with Crippen LogP contribution in [0.1, 0.15) is 41.5 Å². The maximum Gasteiger partial charge on any atom is 0.203 e. The monoisotopic (exact) mass is 296 g/mol. The van der Waals surface area contributed by atoms with Gasteiger partial charge in [0.1, 0.15) is 11.8 Å². The van der Waals surface area contributed by atoms with Crippen LogP contribution in [0, 0.1) is 11.3 Å². The number of nitriles is 1. The van der Waals surface area contributed by atoms with Crippen LogP contribution in [0.3, 0.4) is 0 Å². The molecule has 0 saturated carbocycles. The maximum atomic E-state index is 9.17. The zero-order valence-electron chi connectivity index (χ0n) is 12.5. The Labute approximate surface area is 130 Å². The fourth-order valence-electron chi connectivity index (χ4n) is 3.26. The molecule has 3 rings (SSSR count). The molecule has 1 aromatic carbocycles. The van der Waals surface area contributed by atoms with Gasteiger partial charge in [0.25, 0.3) is 0 Å². The molecule has 0 fully saturated rings. The third kappa shape index (κ3) is 3.06. The van der Waals surface area contributed by atoms with E-state index in [1.165, 1.54) is 11.1 Å². The summed E-state index contributed by atoms with van der Waals surface area (Å²) in [4.78, 5) is 2.35. The van der Waals surface area contributed by atoms with E-state index in [9.17, 15) is 0 Å². The molecule has 0 radical (unpaired) electrons. The van der Waals surface area contributed by atoms with Crippen LogP contribution >= 0.6 is 0 Å². The van der Waals surface area contributed by atoms with Crippen molar-refractivity contribution >= 4 is 0 Å². The average molecular weight is 296 g/mol.